The van der Waals surface area contributed by atoms with Crippen molar-refractivity contribution >= 4 is 40.5 Å². The fourth-order valence-electron chi connectivity index (χ4n) is 3.54. The van der Waals surface area contributed by atoms with E-state index in [4.69, 9.17) is 11.6 Å². The SMILES string of the molecule is CC1=CC(C)(C)N(C)c2cc(C)c(/C=C(\C#N)C(=O)Nc3cccc(Cl)c3)cc21. The van der Waals surface area contributed by atoms with Crippen molar-refractivity contribution in [2.24, 2.45) is 0 Å². The van der Waals surface area contributed by atoms with Crippen LogP contribution in [-0.4, -0.2) is 18.5 Å². The molecule has 2 aromatic rings. The first-order chi connectivity index (χ1) is 13.6. The molecule has 2 aromatic carbocycles. The average Bonchev–Trinajstić information content (AvgIpc) is 2.64. The Kier molecular flexibility index (Phi) is 5.55. The number of likely N-dealkylation sites (N-methyl/N-ethyl adjacent to an activating group) is 1. The zero-order valence-electron chi connectivity index (χ0n) is 17.3. The van der Waals surface area contributed by atoms with Crippen LogP contribution in [0.2, 0.25) is 5.02 Å². The first-order valence-corrected chi connectivity index (χ1v) is 9.77. The normalized spacial score (nSPS) is 15.3. The molecule has 1 heterocycles. The summed E-state index contributed by atoms with van der Waals surface area (Å²) in [7, 11) is 2.08. The number of amides is 1. The molecular formula is C24H24ClN3O. The van der Waals surface area contributed by atoms with E-state index in [2.05, 4.69) is 50.2 Å². The summed E-state index contributed by atoms with van der Waals surface area (Å²) in [5.74, 6) is -0.461. The van der Waals surface area contributed by atoms with Crippen molar-refractivity contribution in [3.8, 4) is 6.07 Å². The maximum absolute atomic E-state index is 12.6. The van der Waals surface area contributed by atoms with Crippen LogP contribution in [0.15, 0.2) is 48.0 Å². The van der Waals surface area contributed by atoms with Crippen LogP contribution in [0.3, 0.4) is 0 Å². The summed E-state index contributed by atoms with van der Waals surface area (Å²) in [6, 6.07) is 13.0. The topological polar surface area (TPSA) is 56.1 Å². The van der Waals surface area contributed by atoms with Crippen molar-refractivity contribution in [1.82, 2.24) is 0 Å². The number of benzene rings is 2. The fourth-order valence-corrected chi connectivity index (χ4v) is 3.73. The van der Waals surface area contributed by atoms with Crippen LogP contribution in [-0.2, 0) is 4.79 Å². The van der Waals surface area contributed by atoms with Crippen molar-refractivity contribution in [3.63, 3.8) is 0 Å². The van der Waals surface area contributed by atoms with Crippen LogP contribution in [0.4, 0.5) is 11.4 Å². The number of aryl methyl sites for hydroxylation is 1. The maximum Gasteiger partial charge on any atom is 0.266 e. The van der Waals surface area contributed by atoms with E-state index in [1.54, 1.807) is 30.3 Å². The minimum Gasteiger partial charge on any atom is -0.365 e. The molecule has 1 aliphatic heterocycles. The van der Waals surface area contributed by atoms with Gasteiger partial charge < -0.3 is 10.2 Å². The molecule has 29 heavy (non-hydrogen) atoms. The number of nitrogens with zero attached hydrogens (tertiary/aromatic N) is 2. The molecule has 1 N–H and O–H groups in total. The van der Waals surface area contributed by atoms with Gasteiger partial charge >= 0.3 is 0 Å². The highest BCUT2D eigenvalue weighted by Crippen LogP contribution is 2.39. The van der Waals surface area contributed by atoms with Gasteiger partial charge in [-0.05, 0) is 80.8 Å². The van der Waals surface area contributed by atoms with Crippen molar-refractivity contribution in [3.05, 3.63) is 69.8 Å². The molecule has 5 heteroatoms. The minimum atomic E-state index is -0.461. The summed E-state index contributed by atoms with van der Waals surface area (Å²) in [5, 5.41) is 12.8. The van der Waals surface area contributed by atoms with Crippen molar-refractivity contribution in [2.75, 3.05) is 17.3 Å². The highest BCUT2D eigenvalue weighted by Gasteiger charge is 2.28. The van der Waals surface area contributed by atoms with Crippen LogP contribution in [0, 0.1) is 18.3 Å². The van der Waals surface area contributed by atoms with Gasteiger partial charge in [-0.2, -0.15) is 5.26 Å². The summed E-state index contributed by atoms with van der Waals surface area (Å²) in [6.45, 7) is 8.44. The summed E-state index contributed by atoms with van der Waals surface area (Å²) in [5.41, 5.74) is 5.80. The second-order valence-electron chi connectivity index (χ2n) is 7.90. The van der Waals surface area contributed by atoms with Gasteiger partial charge in [0.25, 0.3) is 5.91 Å². The standard InChI is InChI=1S/C24H24ClN3O/c1-15-9-22-21(16(2)13-24(3,4)28(22)5)11-17(15)10-18(14-26)23(29)27-20-8-6-7-19(25)12-20/h6-13H,1-5H3,(H,27,29)/b18-10+. The lowest BCUT2D eigenvalue weighted by atomic mass is 9.87. The lowest BCUT2D eigenvalue weighted by Gasteiger charge is -2.41. The number of allylic oxidation sites excluding steroid dienone is 1. The number of rotatable bonds is 3. The first-order valence-electron chi connectivity index (χ1n) is 9.39. The van der Waals surface area contributed by atoms with Crippen molar-refractivity contribution in [1.29, 1.82) is 5.26 Å². The predicted molar refractivity (Wildman–Crippen MR) is 121 cm³/mol. The van der Waals surface area contributed by atoms with Crippen LogP contribution >= 0.6 is 11.6 Å². The molecule has 0 atom stereocenters. The molecule has 4 nitrogen and oxygen atoms in total. The first kappa shape index (κ1) is 20.7. The minimum absolute atomic E-state index is 0.0409. The molecule has 1 amide bonds. The van der Waals surface area contributed by atoms with E-state index < -0.39 is 5.91 Å². The monoisotopic (exact) mass is 405 g/mol. The maximum atomic E-state index is 12.6. The third kappa shape index (κ3) is 4.21. The Morgan fingerprint density at radius 3 is 2.62 bits per heavy atom. The molecule has 0 aliphatic carbocycles. The van der Waals surface area contributed by atoms with Gasteiger partial charge in [-0.15, -0.1) is 0 Å². The number of hydrogen-bond donors (Lipinski definition) is 1. The molecule has 0 fully saturated rings. The number of nitrogens with one attached hydrogen (secondary N) is 1. The van der Waals surface area contributed by atoms with E-state index in [0.717, 1.165) is 22.4 Å². The molecule has 0 bridgehead atoms. The highest BCUT2D eigenvalue weighted by molar-refractivity contribution is 6.31. The largest absolute Gasteiger partial charge is 0.365 e. The Morgan fingerprint density at radius 2 is 1.97 bits per heavy atom. The Labute approximate surface area is 177 Å². The molecule has 0 saturated carbocycles. The van der Waals surface area contributed by atoms with E-state index >= 15 is 0 Å². The molecule has 0 saturated heterocycles. The molecule has 3 rings (SSSR count). The van der Waals surface area contributed by atoms with Gasteiger partial charge in [-0.1, -0.05) is 23.7 Å². The summed E-state index contributed by atoms with van der Waals surface area (Å²) < 4.78 is 0. The van der Waals surface area contributed by atoms with Gasteiger partial charge in [-0.25, -0.2) is 0 Å². The molecule has 0 unspecified atom stereocenters. The van der Waals surface area contributed by atoms with Crippen LogP contribution in [0.25, 0.3) is 11.6 Å². The van der Waals surface area contributed by atoms with E-state index in [9.17, 15) is 10.1 Å². The number of carbonyl (C=O) groups is 1. The molecule has 1 aliphatic rings. The van der Waals surface area contributed by atoms with E-state index in [1.165, 1.54) is 5.57 Å². The van der Waals surface area contributed by atoms with Gasteiger partial charge in [0.2, 0.25) is 0 Å². The Bertz CT molecular complexity index is 1090. The smallest absolute Gasteiger partial charge is 0.266 e. The highest BCUT2D eigenvalue weighted by atomic mass is 35.5. The van der Waals surface area contributed by atoms with E-state index in [-0.39, 0.29) is 11.1 Å². The van der Waals surface area contributed by atoms with Gasteiger partial charge in [0, 0.05) is 29.0 Å². The molecular weight excluding hydrogens is 382 g/mol. The summed E-state index contributed by atoms with van der Waals surface area (Å²) in [4.78, 5) is 14.8. The van der Waals surface area contributed by atoms with Crippen molar-refractivity contribution in [2.45, 2.75) is 33.2 Å². The summed E-state index contributed by atoms with van der Waals surface area (Å²) in [6.07, 6.45) is 3.87. The third-order valence-corrected chi connectivity index (χ3v) is 5.59. The number of carbonyl (C=O) groups excluding carboxylic acids is 1. The Morgan fingerprint density at radius 1 is 1.24 bits per heavy atom. The van der Waals surface area contributed by atoms with Gasteiger partial charge in [-0.3, -0.25) is 4.79 Å². The van der Waals surface area contributed by atoms with Crippen LogP contribution in [0.1, 0.15) is 37.5 Å². The zero-order valence-corrected chi connectivity index (χ0v) is 18.1. The van der Waals surface area contributed by atoms with E-state index in [1.807, 2.05) is 19.1 Å². The predicted octanol–water partition coefficient (Wildman–Crippen LogP) is 5.83. The zero-order chi connectivity index (χ0) is 21.3. The third-order valence-electron chi connectivity index (χ3n) is 5.35. The molecule has 0 spiro atoms. The quantitative estimate of drug-likeness (QED) is 0.516. The Hall–Kier alpha value is -3.03. The van der Waals surface area contributed by atoms with E-state index in [0.29, 0.717) is 10.7 Å². The van der Waals surface area contributed by atoms with Gasteiger partial charge in [0.1, 0.15) is 11.6 Å². The second kappa shape index (κ2) is 7.77. The molecule has 148 valence electrons. The number of nitriles is 1. The van der Waals surface area contributed by atoms with Crippen LogP contribution in [0.5, 0.6) is 0 Å². The van der Waals surface area contributed by atoms with Crippen molar-refractivity contribution < 1.29 is 4.79 Å². The Balaban J connectivity index is 1.98. The van der Waals surface area contributed by atoms with Gasteiger partial charge in [0.15, 0.2) is 0 Å². The second-order valence-corrected chi connectivity index (χ2v) is 8.34. The number of fused-ring (bicyclic) bond motifs is 1. The molecule has 0 aromatic heterocycles. The molecule has 0 radical (unpaired) electrons. The summed E-state index contributed by atoms with van der Waals surface area (Å²) >= 11 is 5.97. The number of anilines is 2. The lowest BCUT2D eigenvalue weighted by molar-refractivity contribution is -0.112. The average molecular weight is 406 g/mol. The van der Waals surface area contributed by atoms with Gasteiger partial charge in [0.05, 0.1) is 5.54 Å². The number of hydrogen-bond acceptors (Lipinski definition) is 3. The van der Waals surface area contributed by atoms with Crippen LogP contribution < -0.4 is 10.2 Å². The fraction of sp³-hybridized carbons (Fsp3) is 0.250. The lowest BCUT2D eigenvalue weighted by Crippen LogP contribution is -2.42. The number of halogens is 1.